The van der Waals surface area contributed by atoms with Crippen LogP contribution in [0.15, 0.2) is 48.5 Å². The molecule has 2 heteroatoms. The predicted octanol–water partition coefficient (Wildman–Crippen LogP) is 4.77. The molecule has 0 amide bonds. The molecule has 0 saturated heterocycles. The number of methoxy groups -OCH3 is 1. The lowest BCUT2D eigenvalue weighted by atomic mass is 9.87. The van der Waals surface area contributed by atoms with Gasteiger partial charge in [0.2, 0.25) is 0 Å². The standard InChI is InChI=1S/C19H24O2/c1-14(13-17-6-4-5-7-19(17)21-3)12-15(2)16-8-10-18(20)11-9-16/h4-11,14-15,20H,12-13H2,1-3H3. The second kappa shape index (κ2) is 7.16. The smallest absolute Gasteiger partial charge is 0.122 e. The summed E-state index contributed by atoms with van der Waals surface area (Å²) in [5, 5.41) is 9.36. The Hall–Kier alpha value is -1.96. The van der Waals surface area contributed by atoms with Gasteiger partial charge in [0, 0.05) is 0 Å². The fraction of sp³-hybridized carbons (Fsp3) is 0.368. The van der Waals surface area contributed by atoms with Crippen LogP contribution in [0.1, 0.15) is 37.3 Å². The Bertz CT molecular complexity index is 560. The number of benzene rings is 2. The molecule has 0 saturated carbocycles. The largest absolute Gasteiger partial charge is 0.508 e. The Morgan fingerprint density at radius 2 is 1.67 bits per heavy atom. The molecular weight excluding hydrogens is 260 g/mol. The van der Waals surface area contributed by atoms with E-state index in [-0.39, 0.29) is 0 Å². The van der Waals surface area contributed by atoms with Crippen molar-refractivity contribution in [2.24, 2.45) is 5.92 Å². The van der Waals surface area contributed by atoms with Crippen molar-refractivity contribution in [2.75, 3.05) is 7.11 Å². The summed E-state index contributed by atoms with van der Waals surface area (Å²) in [7, 11) is 1.72. The van der Waals surface area contributed by atoms with Gasteiger partial charge in [-0.2, -0.15) is 0 Å². The number of hydrogen-bond acceptors (Lipinski definition) is 2. The Balaban J connectivity index is 1.97. The normalized spacial score (nSPS) is 13.7. The minimum atomic E-state index is 0.327. The van der Waals surface area contributed by atoms with Crippen molar-refractivity contribution in [2.45, 2.75) is 32.6 Å². The van der Waals surface area contributed by atoms with E-state index in [0.29, 0.717) is 17.6 Å². The predicted molar refractivity (Wildman–Crippen MR) is 87.0 cm³/mol. The minimum Gasteiger partial charge on any atom is -0.508 e. The summed E-state index contributed by atoms with van der Waals surface area (Å²) in [4.78, 5) is 0. The van der Waals surface area contributed by atoms with Crippen LogP contribution in [-0.2, 0) is 6.42 Å². The van der Waals surface area contributed by atoms with Crippen LogP contribution in [0.5, 0.6) is 11.5 Å². The molecule has 0 heterocycles. The third kappa shape index (κ3) is 4.25. The quantitative estimate of drug-likeness (QED) is 0.827. The topological polar surface area (TPSA) is 29.5 Å². The first-order valence-corrected chi connectivity index (χ1v) is 7.51. The zero-order chi connectivity index (χ0) is 15.2. The SMILES string of the molecule is COc1ccccc1CC(C)CC(C)c1ccc(O)cc1. The van der Waals surface area contributed by atoms with E-state index in [2.05, 4.69) is 26.0 Å². The van der Waals surface area contributed by atoms with Gasteiger partial charge < -0.3 is 9.84 Å². The van der Waals surface area contributed by atoms with Crippen molar-refractivity contribution in [3.05, 3.63) is 59.7 Å². The lowest BCUT2D eigenvalue weighted by Crippen LogP contribution is -2.06. The lowest BCUT2D eigenvalue weighted by molar-refractivity contribution is 0.401. The molecule has 2 nitrogen and oxygen atoms in total. The first-order valence-electron chi connectivity index (χ1n) is 7.51. The summed E-state index contributed by atoms with van der Waals surface area (Å²) in [5.41, 5.74) is 2.55. The molecule has 0 aliphatic rings. The van der Waals surface area contributed by atoms with Crippen LogP contribution in [0, 0.1) is 5.92 Å². The van der Waals surface area contributed by atoms with Gasteiger partial charge in [-0.25, -0.2) is 0 Å². The molecule has 21 heavy (non-hydrogen) atoms. The number of rotatable bonds is 6. The van der Waals surface area contributed by atoms with Crippen LogP contribution in [0.3, 0.4) is 0 Å². The number of aromatic hydroxyl groups is 1. The molecule has 0 spiro atoms. The average molecular weight is 284 g/mol. The minimum absolute atomic E-state index is 0.327. The molecule has 2 aromatic carbocycles. The first-order chi connectivity index (χ1) is 10.1. The van der Waals surface area contributed by atoms with Gasteiger partial charge in [-0.1, -0.05) is 44.2 Å². The Labute approximate surface area is 127 Å². The second-order valence-electron chi connectivity index (χ2n) is 5.85. The number of phenols is 1. The van der Waals surface area contributed by atoms with Gasteiger partial charge >= 0.3 is 0 Å². The third-order valence-electron chi connectivity index (χ3n) is 3.98. The molecule has 0 aliphatic carbocycles. The fourth-order valence-corrected chi connectivity index (χ4v) is 2.87. The molecule has 0 radical (unpaired) electrons. The maximum absolute atomic E-state index is 9.36. The summed E-state index contributed by atoms with van der Waals surface area (Å²) in [5.74, 6) is 2.36. The Morgan fingerprint density at radius 3 is 2.33 bits per heavy atom. The van der Waals surface area contributed by atoms with Crippen LogP contribution >= 0.6 is 0 Å². The van der Waals surface area contributed by atoms with E-state index < -0.39 is 0 Å². The molecule has 0 aliphatic heterocycles. The first kappa shape index (κ1) is 15.4. The molecule has 1 N–H and O–H groups in total. The van der Waals surface area contributed by atoms with Gasteiger partial charge in [0.15, 0.2) is 0 Å². The van der Waals surface area contributed by atoms with E-state index in [9.17, 15) is 5.11 Å². The van der Waals surface area contributed by atoms with E-state index in [4.69, 9.17) is 4.74 Å². The van der Waals surface area contributed by atoms with E-state index in [1.54, 1.807) is 19.2 Å². The monoisotopic (exact) mass is 284 g/mol. The van der Waals surface area contributed by atoms with Crippen LogP contribution in [0.2, 0.25) is 0 Å². The van der Waals surface area contributed by atoms with Gasteiger partial charge in [0.1, 0.15) is 11.5 Å². The molecule has 112 valence electrons. The van der Waals surface area contributed by atoms with Gasteiger partial charge in [-0.3, -0.25) is 0 Å². The molecular formula is C19H24O2. The van der Waals surface area contributed by atoms with E-state index in [1.165, 1.54) is 11.1 Å². The van der Waals surface area contributed by atoms with Crippen molar-refractivity contribution in [3.8, 4) is 11.5 Å². The maximum atomic E-state index is 9.36. The summed E-state index contributed by atoms with van der Waals surface area (Å²) < 4.78 is 5.42. The van der Waals surface area contributed by atoms with Crippen LogP contribution < -0.4 is 4.74 Å². The summed E-state index contributed by atoms with van der Waals surface area (Å²) in [6.07, 6.45) is 2.13. The molecule has 0 bridgehead atoms. The lowest BCUT2D eigenvalue weighted by Gasteiger charge is -2.19. The summed E-state index contributed by atoms with van der Waals surface area (Å²) >= 11 is 0. The zero-order valence-corrected chi connectivity index (χ0v) is 13.0. The highest BCUT2D eigenvalue weighted by atomic mass is 16.5. The number of hydrogen-bond donors (Lipinski definition) is 1. The van der Waals surface area contributed by atoms with E-state index in [0.717, 1.165) is 18.6 Å². The van der Waals surface area contributed by atoms with Gasteiger partial charge in [0.05, 0.1) is 7.11 Å². The highest BCUT2D eigenvalue weighted by Crippen LogP contribution is 2.28. The molecule has 2 aromatic rings. The highest BCUT2D eigenvalue weighted by Gasteiger charge is 2.13. The van der Waals surface area contributed by atoms with Crippen molar-refractivity contribution in [3.63, 3.8) is 0 Å². The number of para-hydroxylation sites is 1. The Kier molecular flexibility index (Phi) is 5.26. The van der Waals surface area contributed by atoms with Crippen molar-refractivity contribution >= 4 is 0 Å². The van der Waals surface area contributed by atoms with Crippen molar-refractivity contribution in [1.29, 1.82) is 0 Å². The van der Waals surface area contributed by atoms with Crippen LogP contribution in [0.4, 0.5) is 0 Å². The van der Waals surface area contributed by atoms with Crippen LogP contribution in [0.25, 0.3) is 0 Å². The molecule has 2 atom stereocenters. The molecule has 2 unspecified atom stereocenters. The fourth-order valence-electron chi connectivity index (χ4n) is 2.87. The summed E-state index contributed by atoms with van der Waals surface area (Å²) in [6.45, 7) is 4.52. The zero-order valence-electron chi connectivity index (χ0n) is 13.0. The average Bonchev–Trinajstić information content (AvgIpc) is 2.48. The number of phenolic OH excluding ortho intramolecular Hbond substituents is 1. The highest BCUT2D eigenvalue weighted by molar-refractivity contribution is 5.33. The van der Waals surface area contributed by atoms with E-state index in [1.807, 2.05) is 24.3 Å². The second-order valence-corrected chi connectivity index (χ2v) is 5.85. The van der Waals surface area contributed by atoms with Gasteiger partial charge in [-0.05, 0) is 54.0 Å². The van der Waals surface area contributed by atoms with Crippen molar-refractivity contribution < 1.29 is 9.84 Å². The van der Waals surface area contributed by atoms with E-state index >= 15 is 0 Å². The molecule has 2 rings (SSSR count). The van der Waals surface area contributed by atoms with Crippen LogP contribution in [-0.4, -0.2) is 12.2 Å². The van der Waals surface area contributed by atoms with Crippen molar-refractivity contribution in [1.82, 2.24) is 0 Å². The number of ether oxygens (including phenoxy) is 1. The van der Waals surface area contributed by atoms with Gasteiger partial charge in [-0.15, -0.1) is 0 Å². The molecule has 0 fully saturated rings. The Morgan fingerprint density at radius 1 is 1.00 bits per heavy atom. The van der Waals surface area contributed by atoms with Gasteiger partial charge in [0.25, 0.3) is 0 Å². The third-order valence-corrected chi connectivity index (χ3v) is 3.98. The maximum Gasteiger partial charge on any atom is 0.122 e. The molecule has 0 aromatic heterocycles. The summed E-state index contributed by atoms with van der Waals surface area (Å²) in [6, 6.07) is 15.8.